The van der Waals surface area contributed by atoms with Crippen LogP contribution in [0.15, 0.2) is 12.7 Å². The van der Waals surface area contributed by atoms with Gasteiger partial charge in [-0.3, -0.25) is 4.57 Å². The van der Waals surface area contributed by atoms with Gasteiger partial charge in [0.2, 0.25) is 0 Å². The Balaban J connectivity index is 2.07. The summed E-state index contributed by atoms with van der Waals surface area (Å²) >= 11 is 0. The van der Waals surface area contributed by atoms with Gasteiger partial charge in [-0.15, -0.1) is 0 Å². The molecule has 3 rings (SSSR count). The maximum atomic E-state index is 10.1. The molecule has 4 atom stereocenters. The van der Waals surface area contributed by atoms with Gasteiger partial charge in [0.15, 0.2) is 17.7 Å². The molecule has 0 aromatic carbocycles. The summed E-state index contributed by atoms with van der Waals surface area (Å²) in [4.78, 5) is 12.2. The van der Waals surface area contributed by atoms with E-state index in [-0.39, 0.29) is 6.61 Å². The summed E-state index contributed by atoms with van der Waals surface area (Å²) < 4.78 is 7.02. The zero-order chi connectivity index (χ0) is 14.3. The van der Waals surface area contributed by atoms with Crippen LogP contribution in [0.5, 0.6) is 0 Å². The highest BCUT2D eigenvalue weighted by Gasteiger charge is 2.44. The number of fused-ring (bicyclic) bond motifs is 1. The van der Waals surface area contributed by atoms with E-state index in [9.17, 15) is 10.2 Å². The van der Waals surface area contributed by atoms with Crippen molar-refractivity contribution in [2.75, 3.05) is 19.0 Å². The number of imidazole rings is 1. The maximum absolute atomic E-state index is 10.1. The van der Waals surface area contributed by atoms with Crippen LogP contribution in [0, 0.1) is 0 Å². The second kappa shape index (κ2) is 4.94. The number of rotatable bonds is 3. The smallest absolute Gasteiger partial charge is 0.183 e. The molecule has 9 heteroatoms. The normalized spacial score (nSPS) is 30.0. The molecule has 108 valence electrons. The number of hydrogen-bond donors (Lipinski definition) is 4. The average molecular weight is 281 g/mol. The number of aromatic nitrogens is 4. The number of hydrogen-bond acceptors (Lipinski definition) is 8. The minimum absolute atomic E-state index is 0.378. The highest BCUT2D eigenvalue weighted by Crippen LogP contribution is 2.32. The predicted octanol–water partition coefficient (Wildman–Crippen LogP) is -1.52. The number of aliphatic hydroxyl groups excluding tert-OH is 3. The first-order valence-corrected chi connectivity index (χ1v) is 6.15. The minimum Gasteiger partial charge on any atom is -0.394 e. The number of nitrogens with zero attached hydrogens (tertiary/aromatic N) is 4. The van der Waals surface area contributed by atoms with Crippen LogP contribution in [0.3, 0.4) is 0 Å². The van der Waals surface area contributed by atoms with Gasteiger partial charge in [-0.25, -0.2) is 15.0 Å². The summed E-state index contributed by atoms with van der Waals surface area (Å²) in [7, 11) is 1.70. The molecule has 2 aromatic rings. The van der Waals surface area contributed by atoms with Gasteiger partial charge in [-0.2, -0.15) is 0 Å². The van der Waals surface area contributed by atoms with Crippen molar-refractivity contribution in [3.8, 4) is 0 Å². The second-order valence-corrected chi connectivity index (χ2v) is 4.53. The topological polar surface area (TPSA) is 126 Å². The Morgan fingerprint density at radius 2 is 2.10 bits per heavy atom. The molecule has 0 spiro atoms. The van der Waals surface area contributed by atoms with Crippen LogP contribution >= 0.6 is 0 Å². The van der Waals surface area contributed by atoms with Gasteiger partial charge in [-0.1, -0.05) is 0 Å². The van der Waals surface area contributed by atoms with E-state index in [1.807, 2.05) is 0 Å². The highest BCUT2D eigenvalue weighted by atomic mass is 16.6. The lowest BCUT2D eigenvalue weighted by Crippen LogP contribution is -2.33. The standard InChI is InChI=1S/C11H15N5O4/c1-12-9-6-10(14-3-13-9)15-4-16(6)11-8(19)7(18)5(2-17)20-11/h3-5,7-8,11,17-19H,2H2,1H3,(H,12,13,14)/t5-,7-,8-,11-/m1/s1. The van der Waals surface area contributed by atoms with Gasteiger partial charge in [0.05, 0.1) is 6.61 Å². The lowest BCUT2D eigenvalue weighted by Gasteiger charge is -2.17. The first-order valence-electron chi connectivity index (χ1n) is 6.15. The third-order valence-corrected chi connectivity index (χ3v) is 3.39. The first kappa shape index (κ1) is 13.2. The fourth-order valence-corrected chi connectivity index (χ4v) is 2.36. The van der Waals surface area contributed by atoms with Crippen molar-refractivity contribution in [1.29, 1.82) is 0 Å². The first-order chi connectivity index (χ1) is 9.67. The van der Waals surface area contributed by atoms with E-state index in [4.69, 9.17) is 9.84 Å². The molecule has 0 bridgehead atoms. The molecule has 20 heavy (non-hydrogen) atoms. The Labute approximate surface area is 113 Å². The molecule has 0 unspecified atom stereocenters. The van der Waals surface area contributed by atoms with Crippen LogP contribution in [0.2, 0.25) is 0 Å². The van der Waals surface area contributed by atoms with E-state index in [2.05, 4.69) is 20.3 Å². The van der Waals surface area contributed by atoms with Crippen LogP contribution in [0.25, 0.3) is 11.2 Å². The van der Waals surface area contributed by atoms with Crippen molar-refractivity contribution in [2.45, 2.75) is 24.5 Å². The SMILES string of the molecule is CNc1ncnc2ncn([C@@H]3O[C@H](CO)[C@@H](O)[C@H]3O)c12. The third kappa shape index (κ3) is 1.83. The Morgan fingerprint density at radius 3 is 2.75 bits per heavy atom. The highest BCUT2D eigenvalue weighted by molar-refractivity contribution is 5.82. The summed E-state index contributed by atoms with van der Waals surface area (Å²) in [5.41, 5.74) is 1.01. The molecule has 3 heterocycles. The largest absolute Gasteiger partial charge is 0.394 e. The lowest BCUT2D eigenvalue weighted by molar-refractivity contribution is -0.0508. The molecule has 1 aliphatic rings. The summed E-state index contributed by atoms with van der Waals surface area (Å²) in [5.74, 6) is 0.533. The van der Waals surface area contributed by atoms with E-state index in [0.29, 0.717) is 17.0 Å². The molecule has 1 fully saturated rings. The second-order valence-electron chi connectivity index (χ2n) is 4.53. The van der Waals surface area contributed by atoms with Gasteiger partial charge in [0, 0.05) is 7.05 Å². The summed E-state index contributed by atoms with van der Waals surface area (Å²) in [5, 5.41) is 31.9. The minimum atomic E-state index is -1.17. The monoisotopic (exact) mass is 281 g/mol. The van der Waals surface area contributed by atoms with Gasteiger partial charge in [-0.05, 0) is 0 Å². The van der Waals surface area contributed by atoms with E-state index in [1.54, 1.807) is 11.6 Å². The molecule has 1 aliphatic heterocycles. The van der Waals surface area contributed by atoms with Crippen molar-refractivity contribution in [2.24, 2.45) is 0 Å². The quantitative estimate of drug-likeness (QED) is 0.534. The fourth-order valence-electron chi connectivity index (χ4n) is 2.36. The molecule has 9 nitrogen and oxygen atoms in total. The molecule has 4 N–H and O–H groups in total. The summed E-state index contributed by atoms with van der Waals surface area (Å²) in [6.07, 6.45) is -1.19. The summed E-state index contributed by atoms with van der Waals surface area (Å²) in [6, 6.07) is 0. The van der Waals surface area contributed by atoms with Crippen LogP contribution in [0.4, 0.5) is 5.82 Å². The molecule has 0 amide bonds. The van der Waals surface area contributed by atoms with E-state index >= 15 is 0 Å². The fraction of sp³-hybridized carbons (Fsp3) is 0.545. The Bertz CT molecular complexity index is 618. The number of aliphatic hydroxyl groups is 3. The van der Waals surface area contributed by atoms with Gasteiger partial charge < -0.3 is 25.4 Å². The average Bonchev–Trinajstić information content (AvgIpc) is 3.01. The maximum Gasteiger partial charge on any atom is 0.183 e. The van der Waals surface area contributed by atoms with E-state index in [0.717, 1.165) is 0 Å². The van der Waals surface area contributed by atoms with E-state index in [1.165, 1.54) is 12.7 Å². The van der Waals surface area contributed by atoms with Crippen molar-refractivity contribution in [3.05, 3.63) is 12.7 Å². The summed E-state index contributed by atoms with van der Waals surface area (Å²) in [6.45, 7) is -0.378. The van der Waals surface area contributed by atoms with Crippen molar-refractivity contribution < 1.29 is 20.1 Å². The van der Waals surface area contributed by atoms with E-state index < -0.39 is 24.5 Å². The number of ether oxygens (including phenoxy) is 1. The van der Waals surface area contributed by atoms with Crippen LogP contribution < -0.4 is 5.32 Å². The van der Waals surface area contributed by atoms with Crippen molar-refractivity contribution in [3.63, 3.8) is 0 Å². The molecular formula is C11H15N5O4. The zero-order valence-corrected chi connectivity index (χ0v) is 10.7. The van der Waals surface area contributed by atoms with Crippen LogP contribution in [-0.2, 0) is 4.74 Å². The van der Waals surface area contributed by atoms with Crippen LogP contribution in [0.1, 0.15) is 6.23 Å². The molecule has 2 aromatic heterocycles. The zero-order valence-electron chi connectivity index (χ0n) is 10.7. The lowest BCUT2D eigenvalue weighted by atomic mass is 10.1. The predicted molar refractivity (Wildman–Crippen MR) is 67.9 cm³/mol. The van der Waals surface area contributed by atoms with Crippen molar-refractivity contribution in [1.82, 2.24) is 19.5 Å². The van der Waals surface area contributed by atoms with Gasteiger partial charge in [0.1, 0.15) is 36.5 Å². The Kier molecular flexibility index (Phi) is 3.26. The Hall–Kier alpha value is -1.81. The Morgan fingerprint density at radius 1 is 1.30 bits per heavy atom. The van der Waals surface area contributed by atoms with Gasteiger partial charge >= 0.3 is 0 Å². The molecule has 0 saturated carbocycles. The van der Waals surface area contributed by atoms with Crippen LogP contribution in [-0.4, -0.2) is 66.8 Å². The molecular weight excluding hydrogens is 266 g/mol. The number of anilines is 1. The van der Waals surface area contributed by atoms with Gasteiger partial charge in [0.25, 0.3) is 0 Å². The molecule has 0 radical (unpaired) electrons. The molecule has 1 saturated heterocycles. The number of nitrogens with one attached hydrogen (secondary N) is 1. The third-order valence-electron chi connectivity index (χ3n) is 3.39. The van der Waals surface area contributed by atoms with Crippen molar-refractivity contribution >= 4 is 17.0 Å². The molecule has 0 aliphatic carbocycles.